The van der Waals surface area contributed by atoms with Crippen LogP contribution in [0.15, 0.2) is 0 Å². The maximum Gasteiger partial charge on any atom is 0.0908 e. The van der Waals surface area contributed by atoms with Crippen molar-refractivity contribution in [2.24, 2.45) is 0 Å². The van der Waals surface area contributed by atoms with Crippen LogP contribution in [0.3, 0.4) is 0 Å². The fraction of sp³-hybridized carbons (Fsp3) is 1.00. The zero-order valence-electron chi connectivity index (χ0n) is 5.62. The third-order valence-electron chi connectivity index (χ3n) is 1.40. The van der Waals surface area contributed by atoms with Crippen molar-refractivity contribution >= 4 is 21.6 Å². The number of rotatable bonds is 5. The van der Waals surface area contributed by atoms with Gasteiger partial charge < -0.3 is 9.47 Å². The predicted octanol–water partition coefficient (Wildman–Crippen LogP) is 1.17. The van der Waals surface area contributed by atoms with Crippen LogP contribution >= 0.6 is 21.6 Å². The van der Waals surface area contributed by atoms with E-state index in [0.717, 1.165) is 24.7 Å². The SMILES string of the molecule is C1OC1CSSCC1CO1. The molecule has 0 N–H and O–H groups in total. The van der Waals surface area contributed by atoms with Crippen LogP contribution in [0.2, 0.25) is 0 Å². The van der Waals surface area contributed by atoms with Gasteiger partial charge in [-0.3, -0.25) is 0 Å². The van der Waals surface area contributed by atoms with Crippen molar-refractivity contribution in [1.29, 1.82) is 0 Å². The summed E-state index contributed by atoms with van der Waals surface area (Å²) < 4.78 is 10.1. The lowest BCUT2D eigenvalue weighted by atomic mass is 10.6. The Morgan fingerprint density at radius 3 is 1.70 bits per heavy atom. The molecule has 2 fully saturated rings. The van der Waals surface area contributed by atoms with E-state index in [1.165, 1.54) is 0 Å². The standard InChI is InChI=1S/C6H10O2S2/c1-5(7-1)3-9-10-4-6-2-8-6/h5-6H,1-4H2. The van der Waals surface area contributed by atoms with Gasteiger partial charge in [0.25, 0.3) is 0 Å². The summed E-state index contributed by atoms with van der Waals surface area (Å²) in [6, 6.07) is 0. The van der Waals surface area contributed by atoms with Crippen LogP contribution in [0.1, 0.15) is 0 Å². The predicted molar refractivity (Wildman–Crippen MR) is 44.4 cm³/mol. The smallest absolute Gasteiger partial charge is 0.0908 e. The molecule has 0 radical (unpaired) electrons. The molecule has 2 aliphatic rings. The Balaban J connectivity index is 1.40. The van der Waals surface area contributed by atoms with E-state index in [4.69, 9.17) is 9.47 Å². The quantitative estimate of drug-likeness (QED) is 0.358. The van der Waals surface area contributed by atoms with Crippen LogP contribution in [0.5, 0.6) is 0 Å². The summed E-state index contributed by atoms with van der Waals surface area (Å²) in [6.45, 7) is 1.96. The van der Waals surface area contributed by atoms with Gasteiger partial charge in [-0.05, 0) is 0 Å². The van der Waals surface area contributed by atoms with Crippen molar-refractivity contribution in [3.63, 3.8) is 0 Å². The Bertz CT molecular complexity index is 98.3. The van der Waals surface area contributed by atoms with Crippen molar-refractivity contribution < 1.29 is 9.47 Å². The van der Waals surface area contributed by atoms with Crippen LogP contribution in [0.4, 0.5) is 0 Å². The van der Waals surface area contributed by atoms with Crippen LogP contribution in [-0.2, 0) is 9.47 Å². The summed E-state index contributed by atoms with van der Waals surface area (Å²) in [5.74, 6) is 2.30. The van der Waals surface area contributed by atoms with Crippen LogP contribution < -0.4 is 0 Å². The van der Waals surface area contributed by atoms with Crippen molar-refractivity contribution in [1.82, 2.24) is 0 Å². The van der Waals surface area contributed by atoms with Gasteiger partial charge in [0.05, 0.1) is 25.4 Å². The molecule has 0 amide bonds. The van der Waals surface area contributed by atoms with Crippen molar-refractivity contribution in [3.05, 3.63) is 0 Å². The van der Waals surface area contributed by atoms with Crippen LogP contribution in [0.25, 0.3) is 0 Å². The molecule has 0 saturated carbocycles. The largest absolute Gasteiger partial charge is 0.372 e. The summed E-state index contributed by atoms with van der Waals surface area (Å²) in [5.41, 5.74) is 0. The molecule has 0 aromatic rings. The molecule has 4 heteroatoms. The Hall–Kier alpha value is 0.620. The third-order valence-corrected chi connectivity index (χ3v) is 3.89. The van der Waals surface area contributed by atoms with E-state index >= 15 is 0 Å². The molecular formula is C6H10O2S2. The van der Waals surface area contributed by atoms with E-state index in [-0.39, 0.29) is 0 Å². The van der Waals surface area contributed by atoms with Crippen LogP contribution in [-0.4, -0.2) is 36.9 Å². The van der Waals surface area contributed by atoms with Gasteiger partial charge in [-0.25, -0.2) is 0 Å². The minimum atomic E-state index is 0.567. The topological polar surface area (TPSA) is 25.1 Å². The van der Waals surface area contributed by atoms with Gasteiger partial charge in [-0.15, -0.1) is 0 Å². The summed E-state index contributed by atoms with van der Waals surface area (Å²) in [5, 5.41) is 0. The lowest BCUT2D eigenvalue weighted by Gasteiger charge is -1.93. The average molecular weight is 178 g/mol. The van der Waals surface area contributed by atoms with Gasteiger partial charge in [-0.1, -0.05) is 21.6 Å². The summed E-state index contributed by atoms with van der Waals surface area (Å²) >= 11 is 0. The molecule has 58 valence electrons. The molecule has 2 nitrogen and oxygen atoms in total. The number of hydrogen-bond acceptors (Lipinski definition) is 4. The molecule has 2 saturated heterocycles. The maximum absolute atomic E-state index is 5.07. The molecule has 2 rings (SSSR count). The first kappa shape index (κ1) is 7.28. The lowest BCUT2D eigenvalue weighted by molar-refractivity contribution is 0.425. The molecule has 2 unspecified atom stereocenters. The minimum absolute atomic E-state index is 0.567. The molecule has 2 heterocycles. The Labute approximate surface area is 68.4 Å². The normalized spacial score (nSPS) is 36.0. The molecule has 10 heavy (non-hydrogen) atoms. The first-order valence-corrected chi connectivity index (χ1v) is 5.91. The van der Waals surface area contributed by atoms with E-state index in [0.29, 0.717) is 12.2 Å². The van der Waals surface area contributed by atoms with Crippen LogP contribution in [0, 0.1) is 0 Å². The van der Waals surface area contributed by atoms with E-state index in [9.17, 15) is 0 Å². The third kappa shape index (κ3) is 2.70. The maximum atomic E-state index is 5.07. The van der Waals surface area contributed by atoms with Crippen molar-refractivity contribution in [3.8, 4) is 0 Å². The molecule has 2 aliphatic heterocycles. The Morgan fingerprint density at radius 1 is 1.00 bits per heavy atom. The van der Waals surface area contributed by atoms with E-state index < -0.39 is 0 Å². The van der Waals surface area contributed by atoms with E-state index in [2.05, 4.69) is 0 Å². The molecule has 0 bridgehead atoms. The fourth-order valence-corrected chi connectivity index (χ4v) is 2.95. The molecule has 0 aliphatic carbocycles. The lowest BCUT2D eigenvalue weighted by Crippen LogP contribution is -1.89. The monoisotopic (exact) mass is 178 g/mol. The number of ether oxygens (including phenoxy) is 2. The molecule has 0 spiro atoms. The number of epoxide rings is 2. The highest BCUT2D eigenvalue weighted by molar-refractivity contribution is 8.76. The highest BCUT2D eigenvalue weighted by Crippen LogP contribution is 2.29. The summed E-state index contributed by atoms with van der Waals surface area (Å²) in [6.07, 6.45) is 1.13. The van der Waals surface area contributed by atoms with Gasteiger partial charge in [0.2, 0.25) is 0 Å². The van der Waals surface area contributed by atoms with E-state index in [1.807, 2.05) is 21.6 Å². The van der Waals surface area contributed by atoms with Gasteiger partial charge in [0.15, 0.2) is 0 Å². The van der Waals surface area contributed by atoms with Crippen molar-refractivity contribution in [2.75, 3.05) is 24.7 Å². The van der Waals surface area contributed by atoms with Gasteiger partial charge in [-0.2, -0.15) is 0 Å². The van der Waals surface area contributed by atoms with Gasteiger partial charge in [0.1, 0.15) is 0 Å². The van der Waals surface area contributed by atoms with Gasteiger partial charge >= 0.3 is 0 Å². The summed E-state index contributed by atoms with van der Waals surface area (Å²) in [7, 11) is 3.81. The fourth-order valence-electron chi connectivity index (χ4n) is 0.577. The zero-order valence-corrected chi connectivity index (χ0v) is 7.25. The molecule has 0 aromatic heterocycles. The second-order valence-corrected chi connectivity index (χ2v) is 5.03. The molecule has 0 aromatic carbocycles. The van der Waals surface area contributed by atoms with Gasteiger partial charge in [0, 0.05) is 11.5 Å². The highest BCUT2D eigenvalue weighted by atomic mass is 33.1. The van der Waals surface area contributed by atoms with Crippen molar-refractivity contribution in [2.45, 2.75) is 12.2 Å². The second-order valence-electron chi connectivity index (χ2n) is 2.48. The number of hydrogen-bond donors (Lipinski definition) is 0. The zero-order chi connectivity index (χ0) is 6.81. The Morgan fingerprint density at radius 2 is 1.40 bits per heavy atom. The Kier molecular flexibility index (Phi) is 2.43. The highest BCUT2D eigenvalue weighted by Gasteiger charge is 2.24. The molecular weight excluding hydrogens is 168 g/mol. The first-order valence-electron chi connectivity index (χ1n) is 3.43. The second kappa shape index (κ2) is 3.34. The van der Waals surface area contributed by atoms with E-state index in [1.54, 1.807) is 0 Å². The summed E-state index contributed by atoms with van der Waals surface area (Å²) in [4.78, 5) is 0. The first-order chi connectivity index (χ1) is 4.95. The average Bonchev–Trinajstić information content (AvgIpc) is 2.77. The molecule has 2 atom stereocenters. The minimum Gasteiger partial charge on any atom is -0.372 e.